The van der Waals surface area contributed by atoms with Gasteiger partial charge in [0.05, 0.1) is 5.92 Å². The van der Waals surface area contributed by atoms with E-state index in [9.17, 15) is 4.79 Å². The fourth-order valence-electron chi connectivity index (χ4n) is 1.67. The standard InChI is InChI=1S/C14H20O2/c1-11(2)9-12(3)14(15)16-10-13-7-5-4-6-8-13/h4-8,11-12H,9-10H2,1-3H3. The van der Waals surface area contributed by atoms with Gasteiger partial charge in [-0.2, -0.15) is 0 Å². The SMILES string of the molecule is CC(C)CC(C)C(=O)OCc1ccccc1. The molecule has 0 aliphatic rings. The van der Waals surface area contributed by atoms with Gasteiger partial charge in [0.15, 0.2) is 0 Å². The molecule has 0 spiro atoms. The molecule has 0 bridgehead atoms. The third kappa shape index (κ3) is 4.47. The van der Waals surface area contributed by atoms with Crippen molar-refractivity contribution in [1.82, 2.24) is 0 Å². The molecular formula is C14H20O2. The molecule has 0 fully saturated rings. The smallest absolute Gasteiger partial charge is 0.308 e. The normalized spacial score (nSPS) is 12.5. The van der Waals surface area contributed by atoms with Gasteiger partial charge in [0.25, 0.3) is 0 Å². The van der Waals surface area contributed by atoms with Crippen LogP contribution in [0.3, 0.4) is 0 Å². The summed E-state index contributed by atoms with van der Waals surface area (Å²) in [6, 6.07) is 9.76. The van der Waals surface area contributed by atoms with E-state index in [0.717, 1.165) is 12.0 Å². The van der Waals surface area contributed by atoms with Crippen LogP contribution in [0.2, 0.25) is 0 Å². The summed E-state index contributed by atoms with van der Waals surface area (Å²) in [6.45, 7) is 6.53. The first-order valence-electron chi connectivity index (χ1n) is 5.80. The lowest BCUT2D eigenvalue weighted by atomic mass is 9.99. The van der Waals surface area contributed by atoms with Crippen molar-refractivity contribution in [2.24, 2.45) is 11.8 Å². The van der Waals surface area contributed by atoms with Crippen molar-refractivity contribution < 1.29 is 9.53 Å². The molecule has 2 nitrogen and oxygen atoms in total. The van der Waals surface area contributed by atoms with E-state index < -0.39 is 0 Å². The number of hydrogen-bond acceptors (Lipinski definition) is 2. The zero-order valence-electron chi connectivity index (χ0n) is 10.3. The van der Waals surface area contributed by atoms with Gasteiger partial charge < -0.3 is 4.74 Å². The number of hydrogen-bond donors (Lipinski definition) is 0. The van der Waals surface area contributed by atoms with Crippen LogP contribution in [0, 0.1) is 11.8 Å². The van der Waals surface area contributed by atoms with Crippen LogP contribution in [0.5, 0.6) is 0 Å². The highest BCUT2D eigenvalue weighted by Crippen LogP contribution is 2.13. The van der Waals surface area contributed by atoms with E-state index in [-0.39, 0.29) is 11.9 Å². The summed E-state index contributed by atoms with van der Waals surface area (Å²) < 4.78 is 5.25. The predicted octanol–water partition coefficient (Wildman–Crippen LogP) is 3.41. The van der Waals surface area contributed by atoms with Gasteiger partial charge in [0.2, 0.25) is 0 Å². The third-order valence-corrected chi connectivity index (χ3v) is 2.45. The minimum atomic E-state index is -0.0995. The number of carbonyl (C=O) groups is 1. The van der Waals surface area contributed by atoms with Crippen molar-refractivity contribution in [2.45, 2.75) is 33.8 Å². The average Bonchev–Trinajstić information content (AvgIpc) is 2.26. The maximum Gasteiger partial charge on any atom is 0.308 e. The Labute approximate surface area is 97.6 Å². The monoisotopic (exact) mass is 220 g/mol. The Morgan fingerprint density at radius 2 is 1.81 bits per heavy atom. The Kier molecular flexibility index (Phi) is 5.03. The highest BCUT2D eigenvalue weighted by atomic mass is 16.5. The highest BCUT2D eigenvalue weighted by molar-refractivity contribution is 5.71. The van der Waals surface area contributed by atoms with E-state index in [4.69, 9.17) is 4.74 Å². The number of carbonyl (C=O) groups excluding carboxylic acids is 1. The molecule has 0 radical (unpaired) electrons. The summed E-state index contributed by atoms with van der Waals surface area (Å²) in [6.07, 6.45) is 0.883. The van der Waals surface area contributed by atoms with Crippen molar-refractivity contribution in [3.63, 3.8) is 0 Å². The second-order valence-electron chi connectivity index (χ2n) is 4.62. The fraction of sp³-hybridized carbons (Fsp3) is 0.500. The Balaban J connectivity index is 2.35. The van der Waals surface area contributed by atoms with Crippen LogP contribution in [-0.4, -0.2) is 5.97 Å². The number of ether oxygens (including phenoxy) is 1. The Morgan fingerprint density at radius 1 is 1.19 bits per heavy atom. The zero-order chi connectivity index (χ0) is 12.0. The first-order valence-corrected chi connectivity index (χ1v) is 5.80. The van der Waals surface area contributed by atoms with E-state index in [2.05, 4.69) is 13.8 Å². The van der Waals surface area contributed by atoms with Crippen LogP contribution in [0.1, 0.15) is 32.8 Å². The van der Waals surface area contributed by atoms with Crippen LogP contribution < -0.4 is 0 Å². The van der Waals surface area contributed by atoms with Gasteiger partial charge in [-0.25, -0.2) is 0 Å². The number of esters is 1. The average molecular weight is 220 g/mol. The Bertz CT molecular complexity index is 317. The summed E-state index contributed by atoms with van der Waals surface area (Å²) in [5.74, 6) is 0.417. The maximum absolute atomic E-state index is 11.6. The van der Waals surface area contributed by atoms with Crippen molar-refractivity contribution in [2.75, 3.05) is 0 Å². The molecule has 0 aliphatic carbocycles. The van der Waals surface area contributed by atoms with E-state index in [1.165, 1.54) is 0 Å². The second kappa shape index (κ2) is 6.31. The third-order valence-electron chi connectivity index (χ3n) is 2.45. The zero-order valence-corrected chi connectivity index (χ0v) is 10.3. The van der Waals surface area contributed by atoms with Gasteiger partial charge in [-0.15, -0.1) is 0 Å². The summed E-state index contributed by atoms with van der Waals surface area (Å²) >= 11 is 0. The van der Waals surface area contributed by atoms with Crippen molar-refractivity contribution in [1.29, 1.82) is 0 Å². The fourth-order valence-corrected chi connectivity index (χ4v) is 1.67. The summed E-state index contributed by atoms with van der Waals surface area (Å²) in [5, 5.41) is 0. The number of benzene rings is 1. The summed E-state index contributed by atoms with van der Waals surface area (Å²) in [7, 11) is 0. The van der Waals surface area contributed by atoms with E-state index in [0.29, 0.717) is 12.5 Å². The minimum absolute atomic E-state index is 0.0105. The Morgan fingerprint density at radius 3 is 2.38 bits per heavy atom. The molecule has 1 aromatic rings. The molecular weight excluding hydrogens is 200 g/mol. The van der Waals surface area contributed by atoms with Crippen molar-refractivity contribution in [3.05, 3.63) is 35.9 Å². The molecule has 0 heterocycles. The molecule has 0 aliphatic heterocycles. The highest BCUT2D eigenvalue weighted by Gasteiger charge is 2.15. The van der Waals surface area contributed by atoms with Crippen LogP contribution in [0.4, 0.5) is 0 Å². The molecule has 1 unspecified atom stereocenters. The molecule has 0 amide bonds. The quantitative estimate of drug-likeness (QED) is 0.711. The predicted molar refractivity (Wildman–Crippen MR) is 64.9 cm³/mol. The summed E-state index contributed by atoms with van der Waals surface area (Å²) in [5.41, 5.74) is 1.03. The molecule has 2 heteroatoms. The van der Waals surface area contributed by atoms with E-state index in [1.807, 2.05) is 37.3 Å². The molecule has 16 heavy (non-hydrogen) atoms. The molecule has 1 aromatic carbocycles. The van der Waals surface area contributed by atoms with Gasteiger partial charge in [-0.3, -0.25) is 4.79 Å². The number of rotatable bonds is 5. The molecule has 0 saturated heterocycles. The molecule has 88 valence electrons. The van der Waals surface area contributed by atoms with Crippen molar-refractivity contribution in [3.8, 4) is 0 Å². The van der Waals surface area contributed by atoms with Crippen molar-refractivity contribution >= 4 is 5.97 Å². The second-order valence-corrected chi connectivity index (χ2v) is 4.62. The Hall–Kier alpha value is -1.31. The summed E-state index contributed by atoms with van der Waals surface area (Å²) in [4.78, 5) is 11.6. The van der Waals surface area contributed by atoms with Crippen LogP contribution >= 0.6 is 0 Å². The van der Waals surface area contributed by atoms with Gasteiger partial charge in [0, 0.05) is 0 Å². The van der Waals surface area contributed by atoms with E-state index >= 15 is 0 Å². The lowest BCUT2D eigenvalue weighted by molar-refractivity contribution is -0.149. The van der Waals surface area contributed by atoms with Gasteiger partial charge in [-0.05, 0) is 17.9 Å². The molecule has 0 saturated carbocycles. The molecule has 0 aromatic heterocycles. The van der Waals surface area contributed by atoms with Gasteiger partial charge in [0.1, 0.15) is 6.61 Å². The van der Waals surface area contributed by atoms with Gasteiger partial charge in [-0.1, -0.05) is 51.1 Å². The lowest BCUT2D eigenvalue weighted by Gasteiger charge is -2.13. The topological polar surface area (TPSA) is 26.3 Å². The molecule has 0 N–H and O–H groups in total. The largest absolute Gasteiger partial charge is 0.461 e. The van der Waals surface area contributed by atoms with E-state index in [1.54, 1.807) is 0 Å². The maximum atomic E-state index is 11.6. The van der Waals surface area contributed by atoms with Crippen LogP contribution in [-0.2, 0) is 16.1 Å². The first kappa shape index (κ1) is 12.8. The lowest BCUT2D eigenvalue weighted by Crippen LogP contribution is -2.16. The van der Waals surface area contributed by atoms with Crippen LogP contribution in [0.25, 0.3) is 0 Å². The van der Waals surface area contributed by atoms with Crippen LogP contribution in [0.15, 0.2) is 30.3 Å². The van der Waals surface area contributed by atoms with Gasteiger partial charge >= 0.3 is 5.97 Å². The molecule has 1 rings (SSSR count). The minimum Gasteiger partial charge on any atom is -0.461 e. The first-order chi connectivity index (χ1) is 7.59. The molecule has 1 atom stereocenters.